The molecule has 1 aromatic heterocycles. The highest BCUT2D eigenvalue weighted by Gasteiger charge is 2.51. The topological polar surface area (TPSA) is 78.1 Å². The van der Waals surface area contributed by atoms with E-state index >= 15 is 0 Å². The molecule has 0 aliphatic carbocycles. The molecule has 2 aromatic rings. The molecule has 1 saturated heterocycles. The highest BCUT2D eigenvalue weighted by Crippen LogP contribution is 2.44. The fourth-order valence-electron chi connectivity index (χ4n) is 3.31. The van der Waals surface area contributed by atoms with Gasteiger partial charge in [-0.1, -0.05) is 18.2 Å². The number of aromatic amines is 1. The van der Waals surface area contributed by atoms with E-state index in [9.17, 15) is 9.59 Å². The van der Waals surface area contributed by atoms with E-state index in [4.69, 9.17) is 0 Å². The number of amides is 2. The number of nitrogens with zero attached hydrogens (tertiary/aromatic N) is 2. The van der Waals surface area contributed by atoms with E-state index in [1.54, 1.807) is 11.1 Å². The van der Waals surface area contributed by atoms with Crippen molar-refractivity contribution in [2.45, 2.75) is 11.8 Å². The van der Waals surface area contributed by atoms with Crippen LogP contribution < -0.4 is 5.32 Å². The van der Waals surface area contributed by atoms with Gasteiger partial charge in [0.15, 0.2) is 0 Å². The molecule has 3 heterocycles. The van der Waals surface area contributed by atoms with Crippen LogP contribution in [0.2, 0.25) is 0 Å². The van der Waals surface area contributed by atoms with Crippen LogP contribution in [0.4, 0.5) is 5.69 Å². The average Bonchev–Trinajstić information content (AvgIpc) is 3.22. The molecule has 21 heavy (non-hydrogen) atoms. The molecule has 1 fully saturated rings. The van der Waals surface area contributed by atoms with Crippen LogP contribution >= 0.6 is 0 Å². The van der Waals surface area contributed by atoms with Gasteiger partial charge in [-0.2, -0.15) is 5.10 Å². The number of fused-ring (bicyclic) bond motifs is 2. The maximum Gasteiger partial charge on any atom is 0.257 e. The van der Waals surface area contributed by atoms with E-state index < -0.39 is 5.41 Å². The number of carbonyl (C=O) groups is 2. The van der Waals surface area contributed by atoms with Crippen LogP contribution in [0.25, 0.3) is 0 Å². The van der Waals surface area contributed by atoms with Crippen LogP contribution in [-0.2, 0) is 10.2 Å². The lowest BCUT2D eigenvalue weighted by Gasteiger charge is -2.22. The Kier molecular flexibility index (Phi) is 2.42. The van der Waals surface area contributed by atoms with Gasteiger partial charge in [0.05, 0.1) is 17.2 Å². The Morgan fingerprint density at radius 3 is 3.00 bits per heavy atom. The highest BCUT2D eigenvalue weighted by atomic mass is 16.2. The average molecular weight is 282 g/mol. The van der Waals surface area contributed by atoms with Crippen LogP contribution in [0.3, 0.4) is 0 Å². The minimum Gasteiger partial charge on any atom is -0.337 e. The van der Waals surface area contributed by atoms with Crippen molar-refractivity contribution >= 4 is 17.5 Å². The lowest BCUT2D eigenvalue weighted by atomic mass is 9.81. The van der Waals surface area contributed by atoms with E-state index in [1.807, 2.05) is 24.3 Å². The summed E-state index contributed by atoms with van der Waals surface area (Å²) in [6.07, 6.45) is 3.74. The van der Waals surface area contributed by atoms with Gasteiger partial charge in [0.2, 0.25) is 5.91 Å². The number of carbonyl (C=O) groups excluding carboxylic acids is 2. The van der Waals surface area contributed by atoms with Gasteiger partial charge in [-0.25, -0.2) is 0 Å². The van der Waals surface area contributed by atoms with E-state index in [-0.39, 0.29) is 11.8 Å². The molecule has 0 radical (unpaired) electrons. The smallest absolute Gasteiger partial charge is 0.257 e. The number of nitrogens with one attached hydrogen (secondary N) is 2. The Morgan fingerprint density at radius 1 is 1.33 bits per heavy atom. The Labute approximate surface area is 121 Å². The third-order valence-corrected chi connectivity index (χ3v) is 4.43. The molecular formula is C15H14N4O2. The Morgan fingerprint density at radius 2 is 2.19 bits per heavy atom. The monoisotopic (exact) mass is 282 g/mol. The highest BCUT2D eigenvalue weighted by molar-refractivity contribution is 6.07. The number of para-hydroxylation sites is 1. The number of hydrogen-bond acceptors (Lipinski definition) is 3. The van der Waals surface area contributed by atoms with Crippen molar-refractivity contribution in [3.05, 3.63) is 47.8 Å². The van der Waals surface area contributed by atoms with Gasteiger partial charge in [0.1, 0.15) is 0 Å². The summed E-state index contributed by atoms with van der Waals surface area (Å²) in [4.78, 5) is 26.6. The zero-order chi connectivity index (χ0) is 14.4. The molecule has 2 aliphatic rings. The summed E-state index contributed by atoms with van der Waals surface area (Å²) in [6.45, 7) is 0.992. The van der Waals surface area contributed by atoms with Gasteiger partial charge in [0, 0.05) is 25.0 Å². The van der Waals surface area contributed by atoms with Gasteiger partial charge in [-0.3, -0.25) is 14.7 Å². The maximum atomic E-state index is 12.4. The van der Waals surface area contributed by atoms with Crippen LogP contribution in [-0.4, -0.2) is 40.0 Å². The minimum absolute atomic E-state index is 0.00815. The van der Waals surface area contributed by atoms with Gasteiger partial charge in [0.25, 0.3) is 5.91 Å². The second kappa shape index (κ2) is 4.18. The molecule has 1 unspecified atom stereocenters. The Bertz CT molecular complexity index is 725. The van der Waals surface area contributed by atoms with Crippen molar-refractivity contribution in [1.29, 1.82) is 0 Å². The van der Waals surface area contributed by atoms with Crippen molar-refractivity contribution in [3.8, 4) is 0 Å². The van der Waals surface area contributed by atoms with Gasteiger partial charge in [-0.15, -0.1) is 0 Å². The predicted molar refractivity (Wildman–Crippen MR) is 75.9 cm³/mol. The van der Waals surface area contributed by atoms with Gasteiger partial charge >= 0.3 is 0 Å². The lowest BCUT2D eigenvalue weighted by molar-refractivity contribution is -0.120. The number of hydrogen-bond donors (Lipinski definition) is 2. The molecule has 2 amide bonds. The minimum atomic E-state index is -0.601. The second-order valence-corrected chi connectivity index (χ2v) is 5.55. The molecule has 2 aliphatic heterocycles. The molecule has 106 valence electrons. The number of anilines is 1. The second-order valence-electron chi connectivity index (χ2n) is 5.55. The molecule has 2 N–H and O–H groups in total. The van der Waals surface area contributed by atoms with Crippen molar-refractivity contribution in [2.75, 3.05) is 18.4 Å². The zero-order valence-corrected chi connectivity index (χ0v) is 11.3. The number of rotatable bonds is 1. The fourth-order valence-corrected chi connectivity index (χ4v) is 3.31. The summed E-state index contributed by atoms with van der Waals surface area (Å²) >= 11 is 0. The van der Waals surface area contributed by atoms with Crippen molar-refractivity contribution in [1.82, 2.24) is 15.1 Å². The van der Waals surface area contributed by atoms with Crippen molar-refractivity contribution < 1.29 is 9.59 Å². The number of benzene rings is 1. The molecule has 1 spiro atoms. The molecule has 0 saturated carbocycles. The lowest BCUT2D eigenvalue weighted by Crippen LogP contribution is -2.39. The van der Waals surface area contributed by atoms with Crippen LogP contribution in [0.1, 0.15) is 22.3 Å². The molecule has 4 rings (SSSR count). The third kappa shape index (κ3) is 1.62. The molecule has 6 nitrogen and oxygen atoms in total. The number of H-pyrrole nitrogens is 1. The molecular weight excluding hydrogens is 268 g/mol. The number of likely N-dealkylation sites (tertiary alicyclic amines) is 1. The fraction of sp³-hybridized carbons (Fsp3) is 0.267. The zero-order valence-electron chi connectivity index (χ0n) is 11.3. The van der Waals surface area contributed by atoms with Crippen LogP contribution in [0.5, 0.6) is 0 Å². The summed E-state index contributed by atoms with van der Waals surface area (Å²) in [7, 11) is 0. The first-order valence-electron chi connectivity index (χ1n) is 6.90. The van der Waals surface area contributed by atoms with Crippen molar-refractivity contribution in [3.63, 3.8) is 0 Å². The molecule has 1 atom stereocenters. The first-order chi connectivity index (χ1) is 10.2. The summed E-state index contributed by atoms with van der Waals surface area (Å²) in [5.74, 6) is -0.0935. The summed E-state index contributed by atoms with van der Waals surface area (Å²) < 4.78 is 0. The Balaban J connectivity index is 1.67. The van der Waals surface area contributed by atoms with Crippen molar-refractivity contribution in [2.24, 2.45) is 0 Å². The quantitative estimate of drug-likeness (QED) is 0.823. The molecule has 1 aromatic carbocycles. The normalized spacial score (nSPS) is 23.4. The summed E-state index contributed by atoms with van der Waals surface area (Å²) in [5.41, 5.74) is 1.78. The standard InChI is InChI=1S/C15H14N4O2/c20-13(10-7-16-17-8-10)19-6-5-15(9-19)11-3-1-2-4-12(11)18-14(15)21/h1-4,7-8H,5-6,9H2,(H,16,17)(H,18,21). The Hall–Kier alpha value is -2.63. The van der Waals surface area contributed by atoms with E-state index in [2.05, 4.69) is 15.5 Å². The first kappa shape index (κ1) is 12.1. The maximum absolute atomic E-state index is 12.4. The number of aromatic nitrogens is 2. The van der Waals surface area contributed by atoms with Crippen LogP contribution in [0.15, 0.2) is 36.7 Å². The summed E-state index contributed by atoms with van der Waals surface area (Å²) in [6, 6.07) is 7.71. The molecule has 6 heteroatoms. The van der Waals surface area contributed by atoms with E-state index in [0.29, 0.717) is 25.1 Å². The summed E-state index contributed by atoms with van der Waals surface area (Å²) in [5, 5.41) is 9.37. The van der Waals surface area contributed by atoms with Crippen LogP contribution in [0, 0.1) is 0 Å². The molecule has 0 bridgehead atoms. The SMILES string of the molecule is O=C(c1cn[nH]c1)N1CCC2(C1)C(=O)Nc1ccccc12. The predicted octanol–water partition coefficient (Wildman–Crippen LogP) is 1.15. The van der Waals surface area contributed by atoms with Gasteiger partial charge in [-0.05, 0) is 18.1 Å². The van der Waals surface area contributed by atoms with E-state index in [0.717, 1.165) is 11.3 Å². The largest absolute Gasteiger partial charge is 0.337 e. The first-order valence-corrected chi connectivity index (χ1v) is 6.90. The third-order valence-electron chi connectivity index (χ3n) is 4.43. The van der Waals surface area contributed by atoms with E-state index in [1.165, 1.54) is 6.20 Å². The van der Waals surface area contributed by atoms with Gasteiger partial charge < -0.3 is 10.2 Å².